The monoisotopic (exact) mass is 298 g/mol. The van der Waals surface area contributed by atoms with E-state index in [9.17, 15) is 0 Å². The Hall–Kier alpha value is -1.68. The maximum Gasteiger partial charge on any atom is 0.111 e. The van der Waals surface area contributed by atoms with E-state index >= 15 is 0 Å². The van der Waals surface area contributed by atoms with Gasteiger partial charge in [-0.05, 0) is 56.2 Å². The van der Waals surface area contributed by atoms with E-state index in [2.05, 4.69) is 34.2 Å². The minimum atomic E-state index is 0.395. The molecule has 0 saturated heterocycles. The highest BCUT2D eigenvalue weighted by Crippen LogP contribution is 2.34. The summed E-state index contributed by atoms with van der Waals surface area (Å²) in [5.41, 5.74) is 10.4. The number of pyridine rings is 1. The summed E-state index contributed by atoms with van der Waals surface area (Å²) in [6.07, 6.45) is 7.95. The molecule has 2 aromatic heterocycles. The van der Waals surface area contributed by atoms with Crippen LogP contribution in [0.25, 0.3) is 11.4 Å². The number of aromatic amines is 1. The predicted octanol–water partition coefficient (Wildman–Crippen LogP) is 3.79. The van der Waals surface area contributed by atoms with Gasteiger partial charge in [-0.15, -0.1) is 0 Å². The number of aromatic nitrogens is 3. The standard InChI is InChI=1S/C18H26N4/c1-12-6-9-16(20-11-12)18-10-17(21-22-18)13(2)14-4-3-5-15(19)8-7-14/h6,9-11,13-15H,3-5,7-8,19H2,1-2H3,(H,21,22). The lowest BCUT2D eigenvalue weighted by atomic mass is 9.85. The van der Waals surface area contributed by atoms with Gasteiger partial charge in [-0.2, -0.15) is 5.10 Å². The van der Waals surface area contributed by atoms with Crippen molar-refractivity contribution in [2.75, 3.05) is 0 Å². The summed E-state index contributed by atoms with van der Waals surface area (Å²) in [5.74, 6) is 1.20. The Kier molecular flexibility index (Phi) is 4.57. The molecule has 0 spiro atoms. The van der Waals surface area contributed by atoms with Crippen LogP contribution in [0.15, 0.2) is 24.4 Å². The maximum absolute atomic E-state index is 6.10. The number of nitrogens with zero attached hydrogens (tertiary/aromatic N) is 2. The van der Waals surface area contributed by atoms with Crippen LogP contribution in [-0.2, 0) is 0 Å². The van der Waals surface area contributed by atoms with E-state index in [0.717, 1.165) is 17.8 Å². The Morgan fingerprint density at radius 1 is 1.18 bits per heavy atom. The Labute approximate surface area is 132 Å². The van der Waals surface area contributed by atoms with Crippen LogP contribution in [-0.4, -0.2) is 21.2 Å². The Bertz CT molecular complexity index is 602. The van der Waals surface area contributed by atoms with E-state index in [4.69, 9.17) is 5.73 Å². The SMILES string of the molecule is Cc1ccc(-c2cc(C(C)C3CCCC(N)CC3)[nH]n2)nc1. The van der Waals surface area contributed by atoms with Gasteiger partial charge in [0.15, 0.2) is 0 Å². The van der Waals surface area contributed by atoms with E-state index in [0.29, 0.717) is 17.9 Å². The lowest BCUT2D eigenvalue weighted by Crippen LogP contribution is -2.18. The molecule has 0 aromatic carbocycles. The normalized spacial score (nSPS) is 24.0. The maximum atomic E-state index is 6.10. The molecule has 1 aliphatic rings. The number of H-pyrrole nitrogens is 1. The van der Waals surface area contributed by atoms with Crippen molar-refractivity contribution in [2.24, 2.45) is 11.7 Å². The molecule has 1 fully saturated rings. The van der Waals surface area contributed by atoms with Crippen molar-refractivity contribution in [3.8, 4) is 11.4 Å². The molecule has 118 valence electrons. The molecule has 2 heterocycles. The van der Waals surface area contributed by atoms with Gasteiger partial charge in [-0.3, -0.25) is 10.1 Å². The number of hydrogen-bond acceptors (Lipinski definition) is 3. The summed E-state index contributed by atoms with van der Waals surface area (Å²) in [6.45, 7) is 4.35. The highest BCUT2D eigenvalue weighted by Gasteiger charge is 2.24. The van der Waals surface area contributed by atoms with E-state index in [-0.39, 0.29) is 0 Å². The summed E-state index contributed by atoms with van der Waals surface area (Å²) in [7, 11) is 0. The van der Waals surface area contributed by atoms with Gasteiger partial charge >= 0.3 is 0 Å². The van der Waals surface area contributed by atoms with Crippen molar-refractivity contribution in [1.29, 1.82) is 0 Å². The van der Waals surface area contributed by atoms with Crippen molar-refractivity contribution in [3.63, 3.8) is 0 Å². The van der Waals surface area contributed by atoms with Gasteiger partial charge in [0.2, 0.25) is 0 Å². The van der Waals surface area contributed by atoms with Crippen LogP contribution in [0.4, 0.5) is 0 Å². The van der Waals surface area contributed by atoms with Gasteiger partial charge in [-0.1, -0.05) is 19.4 Å². The minimum Gasteiger partial charge on any atom is -0.328 e. The molecule has 3 rings (SSSR count). The number of nitrogens with one attached hydrogen (secondary N) is 1. The topological polar surface area (TPSA) is 67.6 Å². The molecule has 3 atom stereocenters. The summed E-state index contributed by atoms with van der Waals surface area (Å²) >= 11 is 0. The molecule has 0 radical (unpaired) electrons. The Morgan fingerprint density at radius 2 is 2.05 bits per heavy atom. The van der Waals surface area contributed by atoms with Crippen LogP contribution in [0, 0.1) is 12.8 Å². The van der Waals surface area contributed by atoms with Gasteiger partial charge in [0.25, 0.3) is 0 Å². The van der Waals surface area contributed by atoms with Gasteiger partial charge in [0.05, 0.1) is 5.69 Å². The third-order valence-corrected chi connectivity index (χ3v) is 5.03. The number of nitrogens with two attached hydrogens (primary N) is 1. The minimum absolute atomic E-state index is 0.395. The van der Waals surface area contributed by atoms with E-state index < -0.39 is 0 Å². The molecule has 0 aliphatic heterocycles. The lowest BCUT2D eigenvalue weighted by molar-refractivity contribution is 0.386. The molecule has 4 heteroatoms. The number of hydrogen-bond donors (Lipinski definition) is 2. The van der Waals surface area contributed by atoms with Crippen molar-refractivity contribution >= 4 is 0 Å². The van der Waals surface area contributed by atoms with E-state index in [1.54, 1.807) is 0 Å². The molecule has 3 unspecified atom stereocenters. The van der Waals surface area contributed by atoms with Crippen molar-refractivity contribution in [3.05, 3.63) is 35.7 Å². The largest absolute Gasteiger partial charge is 0.328 e. The average molecular weight is 298 g/mol. The molecule has 4 nitrogen and oxygen atoms in total. The van der Waals surface area contributed by atoms with Crippen LogP contribution in [0.3, 0.4) is 0 Å². The zero-order valence-electron chi connectivity index (χ0n) is 13.5. The second-order valence-electron chi connectivity index (χ2n) is 6.75. The van der Waals surface area contributed by atoms with E-state index in [1.807, 2.05) is 19.2 Å². The first-order chi connectivity index (χ1) is 10.6. The van der Waals surface area contributed by atoms with Crippen LogP contribution in [0.5, 0.6) is 0 Å². The zero-order valence-corrected chi connectivity index (χ0v) is 13.5. The summed E-state index contributed by atoms with van der Waals surface area (Å²) in [6, 6.07) is 6.66. The lowest BCUT2D eigenvalue weighted by Gasteiger charge is -2.21. The highest BCUT2D eigenvalue weighted by molar-refractivity contribution is 5.54. The van der Waals surface area contributed by atoms with Gasteiger partial charge < -0.3 is 5.73 Å². The van der Waals surface area contributed by atoms with Gasteiger partial charge in [0.1, 0.15) is 5.69 Å². The number of rotatable bonds is 3. The fraction of sp³-hybridized carbons (Fsp3) is 0.556. The molecule has 22 heavy (non-hydrogen) atoms. The predicted molar refractivity (Wildman–Crippen MR) is 89.5 cm³/mol. The smallest absolute Gasteiger partial charge is 0.111 e. The highest BCUT2D eigenvalue weighted by atomic mass is 15.1. The molecule has 0 amide bonds. The molecule has 3 N–H and O–H groups in total. The Morgan fingerprint density at radius 3 is 2.82 bits per heavy atom. The summed E-state index contributed by atoms with van der Waals surface area (Å²) in [4.78, 5) is 4.46. The zero-order chi connectivity index (χ0) is 15.5. The average Bonchev–Trinajstić information content (AvgIpc) is 2.90. The molecule has 1 aliphatic carbocycles. The van der Waals surface area contributed by atoms with Crippen LogP contribution < -0.4 is 5.73 Å². The summed E-state index contributed by atoms with van der Waals surface area (Å²) < 4.78 is 0. The van der Waals surface area contributed by atoms with Gasteiger partial charge in [-0.25, -0.2) is 0 Å². The third-order valence-electron chi connectivity index (χ3n) is 5.03. The van der Waals surface area contributed by atoms with Gasteiger partial charge in [0, 0.05) is 23.9 Å². The first-order valence-corrected chi connectivity index (χ1v) is 8.37. The fourth-order valence-corrected chi connectivity index (χ4v) is 3.43. The van der Waals surface area contributed by atoms with Crippen molar-refractivity contribution in [2.45, 2.75) is 57.9 Å². The third kappa shape index (κ3) is 3.38. The molecule has 1 saturated carbocycles. The second-order valence-corrected chi connectivity index (χ2v) is 6.75. The first-order valence-electron chi connectivity index (χ1n) is 8.37. The van der Waals surface area contributed by atoms with E-state index in [1.165, 1.54) is 36.9 Å². The molecular weight excluding hydrogens is 272 g/mol. The fourth-order valence-electron chi connectivity index (χ4n) is 3.43. The first kappa shape index (κ1) is 15.2. The van der Waals surface area contributed by atoms with Crippen LogP contribution >= 0.6 is 0 Å². The Balaban J connectivity index is 1.73. The van der Waals surface area contributed by atoms with Crippen molar-refractivity contribution in [1.82, 2.24) is 15.2 Å². The van der Waals surface area contributed by atoms with Crippen molar-refractivity contribution < 1.29 is 0 Å². The second kappa shape index (κ2) is 6.61. The quantitative estimate of drug-likeness (QED) is 0.847. The molecular formula is C18H26N4. The molecule has 0 bridgehead atoms. The number of aryl methyl sites for hydroxylation is 1. The van der Waals surface area contributed by atoms with Crippen LogP contribution in [0.1, 0.15) is 56.2 Å². The van der Waals surface area contributed by atoms with Crippen LogP contribution in [0.2, 0.25) is 0 Å². The molecule has 2 aromatic rings. The summed E-state index contributed by atoms with van der Waals surface area (Å²) in [5, 5.41) is 7.68.